The summed E-state index contributed by atoms with van der Waals surface area (Å²) in [4.78, 5) is 13.8. The Morgan fingerprint density at radius 3 is 2.37 bits per heavy atom. The van der Waals surface area contributed by atoms with E-state index in [9.17, 15) is 13.2 Å². The van der Waals surface area contributed by atoms with Gasteiger partial charge in [-0.05, 0) is 12.8 Å². The lowest BCUT2D eigenvalue weighted by Crippen LogP contribution is -2.49. The maximum Gasteiger partial charge on any atom is 0.236 e. The van der Waals surface area contributed by atoms with Crippen molar-refractivity contribution in [2.24, 2.45) is 16.3 Å². The molecule has 0 aromatic rings. The first-order valence-corrected chi connectivity index (χ1v) is 8.20. The summed E-state index contributed by atoms with van der Waals surface area (Å²) >= 11 is 0. The van der Waals surface area contributed by atoms with Crippen molar-refractivity contribution < 1.29 is 18.4 Å². The van der Waals surface area contributed by atoms with Crippen LogP contribution in [0.25, 0.3) is 0 Å². The molecule has 0 heterocycles. The minimum Gasteiger partial charge on any atom is -0.409 e. The zero-order chi connectivity index (χ0) is 14.7. The van der Waals surface area contributed by atoms with E-state index in [1.807, 2.05) is 0 Å². The number of carbonyl (C=O) groups is 1. The number of sulfone groups is 1. The topological polar surface area (TPSA) is 113 Å². The van der Waals surface area contributed by atoms with Crippen molar-refractivity contribution in [1.82, 2.24) is 4.90 Å². The molecule has 8 heteroatoms. The van der Waals surface area contributed by atoms with Gasteiger partial charge in [0.2, 0.25) is 5.91 Å². The van der Waals surface area contributed by atoms with Crippen molar-refractivity contribution in [2.75, 3.05) is 25.6 Å². The fraction of sp³-hybridized carbons (Fsp3) is 0.818. The van der Waals surface area contributed by atoms with E-state index in [1.54, 1.807) is 0 Å². The third-order valence-corrected chi connectivity index (χ3v) is 4.53. The van der Waals surface area contributed by atoms with Crippen LogP contribution < -0.4 is 5.73 Å². The van der Waals surface area contributed by atoms with Crippen LogP contribution >= 0.6 is 0 Å². The first-order chi connectivity index (χ1) is 8.73. The highest BCUT2D eigenvalue weighted by Crippen LogP contribution is 2.39. The molecule has 1 saturated carbocycles. The maximum absolute atomic E-state index is 12.4. The molecule has 7 nitrogen and oxygen atoms in total. The summed E-state index contributed by atoms with van der Waals surface area (Å²) in [5.74, 6) is -0.452. The largest absolute Gasteiger partial charge is 0.409 e. The van der Waals surface area contributed by atoms with Crippen LogP contribution in [0.1, 0.15) is 25.7 Å². The minimum atomic E-state index is -3.13. The van der Waals surface area contributed by atoms with Crippen molar-refractivity contribution >= 4 is 21.6 Å². The van der Waals surface area contributed by atoms with Crippen LogP contribution in [0, 0.1) is 5.41 Å². The molecule has 1 aliphatic carbocycles. The lowest BCUT2D eigenvalue weighted by atomic mass is 9.83. The fourth-order valence-corrected chi connectivity index (χ4v) is 3.03. The molecule has 0 aliphatic heterocycles. The Morgan fingerprint density at radius 2 is 1.95 bits per heavy atom. The zero-order valence-corrected chi connectivity index (χ0v) is 12.1. The standard InChI is InChI=1S/C11H21N3O4S/c1-14(7-8-19(2,17)18)10(15)11(9(12)13-16)5-3-4-6-11/h16H,3-8H2,1-2H3,(H2,12,13). The second-order valence-electron chi connectivity index (χ2n) is 5.13. The van der Waals surface area contributed by atoms with Crippen LogP contribution in [0.3, 0.4) is 0 Å². The monoisotopic (exact) mass is 291 g/mol. The highest BCUT2D eigenvalue weighted by molar-refractivity contribution is 7.90. The summed E-state index contributed by atoms with van der Waals surface area (Å²) in [6.07, 6.45) is 3.86. The third kappa shape index (κ3) is 3.59. The van der Waals surface area contributed by atoms with Gasteiger partial charge in [-0.2, -0.15) is 0 Å². The predicted octanol–water partition coefficient (Wildman–Crippen LogP) is -0.204. The molecular weight excluding hydrogens is 270 g/mol. The fourth-order valence-electron chi connectivity index (χ4n) is 2.42. The molecule has 0 bridgehead atoms. The number of nitrogens with two attached hydrogens (primary N) is 1. The van der Waals surface area contributed by atoms with Crippen LogP contribution in [0.2, 0.25) is 0 Å². The van der Waals surface area contributed by atoms with Gasteiger partial charge in [-0.15, -0.1) is 0 Å². The van der Waals surface area contributed by atoms with Crippen molar-refractivity contribution in [3.8, 4) is 0 Å². The predicted molar refractivity (Wildman–Crippen MR) is 71.7 cm³/mol. The van der Waals surface area contributed by atoms with E-state index >= 15 is 0 Å². The van der Waals surface area contributed by atoms with Gasteiger partial charge in [-0.25, -0.2) is 8.42 Å². The average Bonchev–Trinajstić information content (AvgIpc) is 2.83. The van der Waals surface area contributed by atoms with Crippen LogP contribution in [0.4, 0.5) is 0 Å². The Kier molecular flexibility index (Phi) is 4.78. The number of amides is 1. The highest BCUT2D eigenvalue weighted by Gasteiger charge is 2.46. The summed E-state index contributed by atoms with van der Waals surface area (Å²) in [5.41, 5.74) is 4.70. The van der Waals surface area contributed by atoms with Gasteiger partial charge in [0.15, 0.2) is 5.84 Å². The number of rotatable bonds is 5. The Hall–Kier alpha value is -1.31. The molecule has 0 aromatic carbocycles. The molecule has 1 amide bonds. The molecule has 3 N–H and O–H groups in total. The molecule has 19 heavy (non-hydrogen) atoms. The lowest BCUT2D eigenvalue weighted by Gasteiger charge is -2.31. The van der Waals surface area contributed by atoms with E-state index in [4.69, 9.17) is 10.9 Å². The molecule has 0 spiro atoms. The van der Waals surface area contributed by atoms with E-state index in [0.717, 1.165) is 19.1 Å². The number of hydrogen-bond acceptors (Lipinski definition) is 5. The average molecular weight is 291 g/mol. The zero-order valence-electron chi connectivity index (χ0n) is 11.3. The second-order valence-corrected chi connectivity index (χ2v) is 7.39. The second kappa shape index (κ2) is 5.77. The maximum atomic E-state index is 12.4. The van der Waals surface area contributed by atoms with E-state index in [2.05, 4.69) is 5.16 Å². The quantitative estimate of drug-likeness (QED) is 0.315. The van der Waals surface area contributed by atoms with Gasteiger partial charge in [0, 0.05) is 19.8 Å². The van der Waals surface area contributed by atoms with Crippen LogP contribution in [-0.4, -0.2) is 55.9 Å². The summed E-state index contributed by atoms with van der Waals surface area (Å²) in [6, 6.07) is 0. The number of carbonyl (C=O) groups excluding carboxylic acids is 1. The molecule has 0 atom stereocenters. The van der Waals surface area contributed by atoms with Crippen LogP contribution in [0.15, 0.2) is 5.16 Å². The summed E-state index contributed by atoms with van der Waals surface area (Å²) in [5, 5.41) is 11.8. The van der Waals surface area contributed by atoms with Crippen molar-refractivity contribution in [3.05, 3.63) is 0 Å². The molecule has 1 aliphatic rings. The van der Waals surface area contributed by atoms with E-state index in [0.29, 0.717) is 12.8 Å². The number of nitrogens with zero attached hydrogens (tertiary/aromatic N) is 2. The van der Waals surface area contributed by atoms with Gasteiger partial charge in [-0.1, -0.05) is 18.0 Å². The number of oxime groups is 1. The molecule has 110 valence electrons. The van der Waals surface area contributed by atoms with Crippen molar-refractivity contribution in [3.63, 3.8) is 0 Å². The van der Waals surface area contributed by atoms with Crippen LogP contribution in [-0.2, 0) is 14.6 Å². The van der Waals surface area contributed by atoms with Gasteiger partial charge < -0.3 is 15.8 Å². The Balaban J connectivity index is 2.84. The molecule has 1 fully saturated rings. The van der Waals surface area contributed by atoms with Crippen molar-refractivity contribution in [1.29, 1.82) is 0 Å². The van der Waals surface area contributed by atoms with Gasteiger partial charge >= 0.3 is 0 Å². The van der Waals surface area contributed by atoms with E-state index in [1.165, 1.54) is 11.9 Å². The Bertz CT molecular complexity index is 466. The molecule has 1 rings (SSSR count). The first-order valence-electron chi connectivity index (χ1n) is 6.14. The SMILES string of the molecule is CN(CCS(C)(=O)=O)C(=O)C1(C(N)=NO)CCCC1. The third-order valence-electron chi connectivity index (χ3n) is 3.61. The van der Waals surface area contributed by atoms with E-state index < -0.39 is 15.3 Å². The minimum absolute atomic E-state index is 0.0822. The molecule has 0 saturated heterocycles. The van der Waals surface area contributed by atoms with Crippen LogP contribution in [0.5, 0.6) is 0 Å². The molecular formula is C11H21N3O4S. The van der Waals surface area contributed by atoms with E-state index in [-0.39, 0.29) is 24.0 Å². The lowest BCUT2D eigenvalue weighted by molar-refractivity contribution is -0.136. The Morgan fingerprint density at radius 1 is 1.42 bits per heavy atom. The van der Waals surface area contributed by atoms with Gasteiger partial charge in [-0.3, -0.25) is 4.79 Å². The van der Waals surface area contributed by atoms with Gasteiger partial charge in [0.05, 0.1) is 5.75 Å². The summed E-state index contributed by atoms with van der Waals surface area (Å²) in [6.45, 7) is 0.109. The highest BCUT2D eigenvalue weighted by atomic mass is 32.2. The molecule has 0 aromatic heterocycles. The summed E-state index contributed by atoms with van der Waals surface area (Å²) in [7, 11) is -1.59. The normalized spacial score (nSPS) is 19.4. The van der Waals surface area contributed by atoms with Gasteiger partial charge in [0.1, 0.15) is 15.3 Å². The first kappa shape index (κ1) is 15.7. The number of amidine groups is 1. The smallest absolute Gasteiger partial charge is 0.236 e. The Labute approximate surface area is 113 Å². The number of hydrogen-bond donors (Lipinski definition) is 2. The van der Waals surface area contributed by atoms with Gasteiger partial charge in [0.25, 0.3) is 0 Å². The molecule has 0 unspecified atom stereocenters. The molecule has 0 radical (unpaired) electrons. The van der Waals surface area contributed by atoms with Crippen molar-refractivity contribution in [2.45, 2.75) is 25.7 Å². The summed E-state index contributed by atoms with van der Waals surface area (Å²) < 4.78 is 22.2.